The zero-order valence-electron chi connectivity index (χ0n) is 12.2. The van der Waals surface area contributed by atoms with E-state index in [4.69, 9.17) is 15.6 Å². The minimum Gasteiger partial charge on any atom is -0.494 e. The Bertz CT molecular complexity index is 435. The molecule has 0 radical (unpaired) electrons. The normalized spacial score (nSPS) is 11.9. The van der Waals surface area contributed by atoms with Gasteiger partial charge in [-0.15, -0.1) is 0 Å². The molecule has 0 aromatic heterocycles. The van der Waals surface area contributed by atoms with Gasteiger partial charge in [0.15, 0.2) is 0 Å². The first-order chi connectivity index (χ1) is 9.56. The van der Waals surface area contributed by atoms with Gasteiger partial charge in [-0.3, -0.25) is 4.79 Å². The van der Waals surface area contributed by atoms with E-state index in [1.807, 2.05) is 13.8 Å². The highest BCUT2D eigenvalue weighted by Crippen LogP contribution is 2.19. The molecule has 0 bridgehead atoms. The molecule has 0 aliphatic rings. The molecule has 1 unspecified atom stereocenters. The molecular formula is C15H24N2O3. The maximum Gasteiger partial charge on any atom is 0.251 e. The van der Waals surface area contributed by atoms with E-state index in [0.29, 0.717) is 30.2 Å². The van der Waals surface area contributed by atoms with Crippen molar-refractivity contribution >= 4 is 11.6 Å². The fourth-order valence-corrected chi connectivity index (χ4v) is 1.85. The molecule has 0 aliphatic heterocycles. The van der Waals surface area contributed by atoms with Gasteiger partial charge >= 0.3 is 0 Å². The van der Waals surface area contributed by atoms with Crippen LogP contribution in [0.4, 0.5) is 5.69 Å². The highest BCUT2D eigenvalue weighted by Gasteiger charge is 2.08. The predicted molar refractivity (Wildman–Crippen MR) is 79.8 cm³/mol. The molecular weight excluding hydrogens is 256 g/mol. The molecule has 0 fully saturated rings. The van der Waals surface area contributed by atoms with Crippen molar-refractivity contribution in [2.24, 2.45) is 5.92 Å². The van der Waals surface area contributed by atoms with Gasteiger partial charge < -0.3 is 20.9 Å². The van der Waals surface area contributed by atoms with Gasteiger partial charge in [0.1, 0.15) is 5.75 Å². The average Bonchev–Trinajstić information content (AvgIpc) is 2.42. The summed E-state index contributed by atoms with van der Waals surface area (Å²) in [5, 5.41) is 11.8. The predicted octanol–water partition coefficient (Wildman–Crippen LogP) is 1.81. The summed E-state index contributed by atoms with van der Waals surface area (Å²) >= 11 is 0. The first-order valence-corrected chi connectivity index (χ1v) is 6.99. The number of hydrogen-bond acceptors (Lipinski definition) is 4. The van der Waals surface area contributed by atoms with E-state index in [0.717, 1.165) is 12.8 Å². The second kappa shape index (κ2) is 8.43. The number of hydrogen-bond donors (Lipinski definition) is 3. The lowest BCUT2D eigenvalue weighted by atomic mass is 10.1. The summed E-state index contributed by atoms with van der Waals surface area (Å²) in [5.41, 5.74) is 6.76. The monoisotopic (exact) mass is 280 g/mol. The van der Waals surface area contributed by atoms with E-state index < -0.39 is 0 Å². The van der Waals surface area contributed by atoms with Crippen molar-refractivity contribution in [2.75, 3.05) is 25.5 Å². The molecule has 4 N–H and O–H groups in total. The summed E-state index contributed by atoms with van der Waals surface area (Å²) in [6.07, 6.45) is 1.73. The Morgan fingerprint density at radius 2 is 2.20 bits per heavy atom. The van der Waals surface area contributed by atoms with E-state index >= 15 is 0 Å². The van der Waals surface area contributed by atoms with Crippen LogP contribution in [0.2, 0.25) is 0 Å². The molecule has 0 spiro atoms. The van der Waals surface area contributed by atoms with Crippen molar-refractivity contribution in [3.8, 4) is 5.75 Å². The summed E-state index contributed by atoms with van der Waals surface area (Å²) in [6.45, 7) is 5.16. The SMILES string of the molecule is CCOc1cc(N)cc(C(=O)NCCCC(C)CO)c1. The molecule has 1 amide bonds. The van der Waals surface area contributed by atoms with Crippen LogP contribution in [0.1, 0.15) is 37.0 Å². The first-order valence-electron chi connectivity index (χ1n) is 6.99. The Morgan fingerprint density at radius 1 is 1.45 bits per heavy atom. The second-order valence-corrected chi connectivity index (χ2v) is 4.91. The first kappa shape index (κ1) is 16.3. The molecule has 5 nitrogen and oxygen atoms in total. The third kappa shape index (κ3) is 5.48. The number of aliphatic hydroxyl groups is 1. The van der Waals surface area contributed by atoms with E-state index in [9.17, 15) is 4.79 Å². The zero-order valence-corrected chi connectivity index (χ0v) is 12.2. The number of benzene rings is 1. The van der Waals surface area contributed by atoms with Gasteiger partial charge in [-0.1, -0.05) is 6.92 Å². The smallest absolute Gasteiger partial charge is 0.251 e. The molecule has 1 aromatic rings. The van der Waals surface area contributed by atoms with Crippen LogP contribution in [0, 0.1) is 5.92 Å². The molecule has 1 aromatic carbocycles. The number of nitrogens with two attached hydrogens (primary N) is 1. The van der Waals surface area contributed by atoms with Gasteiger partial charge in [-0.25, -0.2) is 0 Å². The van der Waals surface area contributed by atoms with Gasteiger partial charge in [0.25, 0.3) is 5.91 Å². The van der Waals surface area contributed by atoms with E-state index in [-0.39, 0.29) is 18.4 Å². The van der Waals surface area contributed by atoms with Crippen LogP contribution in [0.5, 0.6) is 5.75 Å². The summed E-state index contributed by atoms with van der Waals surface area (Å²) in [6, 6.07) is 5.02. The van der Waals surface area contributed by atoms with Gasteiger partial charge in [0.2, 0.25) is 0 Å². The summed E-state index contributed by atoms with van der Waals surface area (Å²) in [5.74, 6) is 0.713. The number of amides is 1. The number of carbonyl (C=O) groups excluding carboxylic acids is 1. The van der Waals surface area contributed by atoms with E-state index in [1.54, 1.807) is 18.2 Å². The van der Waals surface area contributed by atoms with Crippen molar-refractivity contribution in [3.05, 3.63) is 23.8 Å². The lowest BCUT2D eigenvalue weighted by molar-refractivity contribution is 0.0951. The number of nitrogens with one attached hydrogen (secondary N) is 1. The van der Waals surface area contributed by atoms with E-state index in [1.165, 1.54) is 0 Å². The van der Waals surface area contributed by atoms with Crippen molar-refractivity contribution in [1.29, 1.82) is 0 Å². The van der Waals surface area contributed by atoms with Crippen molar-refractivity contribution in [3.63, 3.8) is 0 Å². The molecule has 20 heavy (non-hydrogen) atoms. The number of aliphatic hydroxyl groups excluding tert-OH is 1. The van der Waals surface area contributed by atoms with Gasteiger partial charge in [0, 0.05) is 30.5 Å². The number of carbonyl (C=O) groups is 1. The Morgan fingerprint density at radius 3 is 2.85 bits per heavy atom. The minimum atomic E-state index is -0.157. The molecule has 0 saturated heterocycles. The lowest BCUT2D eigenvalue weighted by Crippen LogP contribution is -2.25. The molecule has 0 heterocycles. The molecule has 0 saturated carbocycles. The van der Waals surface area contributed by atoms with Crippen LogP contribution < -0.4 is 15.8 Å². The number of rotatable bonds is 8. The minimum absolute atomic E-state index is 0.157. The Labute approximate surface area is 120 Å². The van der Waals surface area contributed by atoms with Crippen LogP contribution in [-0.2, 0) is 0 Å². The fourth-order valence-electron chi connectivity index (χ4n) is 1.85. The Balaban J connectivity index is 2.50. The third-order valence-electron chi connectivity index (χ3n) is 2.97. The van der Waals surface area contributed by atoms with Crippen LogP contribution in [-0.4, -0.2) is 30.8 Å². The van der Waals surface area contributed by atoms with Gasteiger partial charge in [-0.05, 0) is 37.8 Å². The summed E-state index contributed by atoms with van der Waals surface area (Å²) < 4.78 is 5.36. The molecule has 0 aliphatic carbocycles. The average molecular weight is 280 g/mol. The van der Waals surface area contributed by atoms with Crippen molar-refractivity contribution < 1.29 is 14.6 Å². The highest BCUT2D eigenvalue weighted by molar-refractivity contribution is 5.95. The maximum absolute atomic E-state index is 12.0. The largest absolute Gasteiger partial charge is 0.494 e. The Hall–Kier alpha value is -1.75. The number of nitrogen functional groups attached to an aromatic ring is 1. The number of anilines is 1. The van der Waals surface area contributed by atoms with Gasteiger partial charge in [0.05, 0.1) is 6.61 Å². The molecule has 112 valence electrons. The van der Waals surface area contributed by atoms with Crippen LogP contribution in [0.25, 0.3) is 0 Å². The van der Waals surface area contributed by atoms with Crippen LogP contribution in [0.15, 0.2) is 18.2 Å². The topological polar surface area (TPSA) is 84.6 Å². The number of ether oxygens (including phenoxy) is 1. The zero-order chi connectivity index (χ0) is 15.0. The maximum atomic E-state index is 12.0. The molecule has 1 rings (SSSR count). The third-order valence-corrected chi connectivity index (χ3v) is 2.97. The van der Waals surface area contributed by atoms with Gasteiger partial charge in [-0.2, -0.15) is 0 Å². The fraction of sp³-hybridized carbons (Fsp3) is 0.533. The van der Waals surface area contributed by atoms with Crippen molar-refractivity contribution in [2.45, 2.75) is 26.7 Å². The van der Waals surface area contributed by atoms with Crippen LogP contribution >= 0.6 is 0 Å². The quantitative estimate of drug-likeness (QED) is 0.501. The van der Waals surface area contributed by atoms with E-state index in [2.05, 4.69) is 5.32 Å². The summed E-state index contributed by atoms with van der Waals surface area (Å²) in [7, 11) is 0. The Kier molecular flexibility index (Phi) is 6.87. The standard InChI is InChI=1S/C15H24N2O3/c1-3-20-14-8-12(7-13(16)9-14)15(19)17-6-4-5-11(2)10-18/h7-9,11,18H,3-6,10,16H2,1-2H3,(H,17,19). The highest BCUT2D eigenvalue weighted by atomic mass is 16.5. The lowest BCUT2D eigenvalue weighted by Gasteiger charge is -2.10. The second-order valence-electron chi connectivity index (χ2n) is 4.91. The molecule has 1 atom stereocenters. The summed E-state index contributed by atoms with van der Waals surface area (Å²) in [4.78, 5) is 12.0. The molecule has 5 heteroatoms. The van der Waals surface area contributed by atoms with Crippen LogP contribution in [0.3, 0.4) is 0 Å². The van der Waals surface area contributed by atoms with Crippen molar-refractivity contribution in [1.82, 2.24) is 5.32 Å².